The zero-order valence-electron chi connectivity index (χ0n) is 15.7. The van der Waals surface area contributed by atoms with Crippen LogP contribution >= 0.6 is 0 Å². The van der Waals surface area contributed by atoms with Crippen LogP contribution in [-0.4, -0.2) is 32.4 Å². The fourth-order valence-corrected chi connectivity index (χ4v) is 3.81. The maximum atomic E-state index is 11.6. The minimum Gasteiger partial charge on any atom is -0.744 e. The Balaban J connectivity index is 2.15. The highest BCUT2D eigenvalue weighted by Crippen LogP contribution is 2.40. The van der Waals surface area contributed by atoms with Crippen molar-refractivity contribution in [1.29, 1.82) is 0 Å². The van der Waals surface area contributed by atoms with E-state index in [9.17, 15) is 31.3 Å². The number of carbonyl (C=O) groups excluding carboxylic acids is 1. The van der Waals surface area contributed by atoms with Crippen LogP contribution in [0.1, 0.15) is 6.92 Å². The number of hydrogen-bond acceptors (Lipinski definition) is 10. The topological polar surface area (TPSA) is 191 Å². The molecule has 0 fully saturated rings. The molecule has 0 saturated carbocycles. The van der Waals surface area contributed by atoms with Crippen molar-refractivity contribution >= 4 is 60.3 Å². The maximum absolute atomic E-state index is 11.6. The molecule has 0 aliphatic carbocycles. The molecular weight excluding hydrogens is 448 g/mol. The zero-order valence-corrected chi connectivity index (χ0v) is 17.4. The van der Waals surface area contributed by atoms with Gasteiger partial charge in [0, 0.05) is 12.6 Å². The number of nitrogen functional groups attached to an aromatic ring is 1. The molecule has 0 bridgehead atoms. The lowest BCUT2D eigenvalue weighted by Gasteiger charge is -2.12. The second-order valence-corrected chi connectivity index (χ2v) is 8.59. The highest BCUT2D eigenvalue weighted by molar-refractivity contribution is 7.85. The summed E-state index contributed by atoms with van der Waals surface area (Å²) < 4.78 is 56.9. The fraction of sp³-hybridized carbons (Fsp3) is 0.0556. The Morgan fingerprint density at radius 1 is 1.13 bits per heavy atom. The number of anilines is 2. The van der Waals surface area contributed by atoms with Gasteiger partial charge in [-0.05, 0) is 41.8 Å². The molecule has 0 spiro atoms. The standard InChI is InChI=1S/C18H15N4O7S2/c1-9(23)20-11-3-5-14(16(7-11)30(25)26)21-22-18-13(19)4-2-10-6-12(31(27,28)29)8-15(24)17(10)18/h2-8,24H,19H2,1H3,(H,20,23)(H,27,28,29)/p-1. The van der Waals surface area contributed by atoms with Gasteiger partial charge in [0.1, 0.15) is 32.1 Å². The van der Waals surface area contributed by atoms with Crippen LogP contribution in [0.4, 0.5) is 22.7 Å². The number of carbonyl (C=O) groups is 1. The minimum atomic E-state index is -4.82. The molecule has 1 radical (unpaired) electrons. The van der Waals surface area contributed by atoms with Gasteiger partial charge in [-0.25, -0.2) is 8.42 Å². The number of fused-ring (bicyclic) bond motifs is 1. The van der Waals surface area contributed by atoms with Gasteiger partial charge in [-0.3, -0.25) is 4.79 Å². The Morgan fingerprint density at radius 2 is 1.84 bits per heavy atom. The quantitative estimate of drug-likeness (QED) is 0.292. The summed E-state index contributed by atoms with van der Waals surface area (Å²) in [6.45, 7) is 1.26. The number of nitrogens with two attached hydrogens (primary N) is 1. The predicted molar refractivity (Wildman–Crippen MR) is 110 cm³/mol. The van der Waals surface area contributed by atoms with Gasteiger partial charge in [0.15, 0.2) is 0 Å². The molecule has 0 saturated heterocycles. The highest BCUT2D eigenvalue weighted by atomic mass is 32.2. The first kappa shape index (κ1) is 22.0. The molecule has 3 rings (SSSR count). The lowest BCUT2D eigenvalue weighted by atomic mass is 10.1. The van der Waals surface area contributed by atoms with Crippen LogP contribution < -0.4 is 11.1 Å². The molecule has 31 heavy (non-hydrogen) atoms. The number of aromatic hydroxyl groups is 1. The molecular formula is C18H14N4O7S2-. The molecule has 3 aromatic carbocycles. The average molecular weight is 462 g/mol. The number of amides is 1. The van der Waals surface area contributed by atoms with Gasteiger partial charge >= 0.3 is 0 Å². The van der Waals surface area contributed by atoms with Crippen molar-refractivity contribution in [3.8, 4) is 5.75 Å². The van der Waals surface area contributed by atoms with Crippen molar-refractivity contribution in [3.05, 3.63) is 42.5 Å². The minimum absolute atomic E-state index is 0.0239. The molecule has 0 aliphatic heterocycles. The SMILES string of the molecule is CC(=O)Nc1ccc(N=Nc2c(N)ccc3cc(S(=O)(=O)[O-])cc(O)c23)c([S](=O)=O)c1. The number of phenolic OH excluding ortho intramolecular Hbond substituents is 1. The van der Waals surface area contributed by atoms with E-state index in [2.05, 4.69) is 15.5 Å². The van der Waals surface area contributed by atoms with Gasteiger partial charge in [-0.2, -0.15) is 8.42 Å². The van der Waals surface area contributed by atoms with E-state index in [-0.39, 0.29) is 38.4 Å². The van der Waals surface area contributed by atoms with Crippen molar-refractivity contribution in [1.82, 2.24) is 0 Å². The summed E-state index contributed by atoms with van der Waals surface area (Å²) in [5, 5.41) is 20.7. The Kier molecular flexibility index (Phi) is 5.83. The van der Waals surface area contributed by atoms with Crippen LogP contribution in [0.15, 0.2) is 62.5 Å². The summed E-state index contributed by atoms with van der Waals surface area (Å²) in [6, 6.07) is 8.49. The maximum Gasteiger partial charge on any atom is 0.223 e. The summed E-state index contributed by atoms with van der Waals surface area (Å²) in [7, 11) is -7.53. The summed E-state index contributed by atoms with van der Waals surface area (Å²) in [6.07, 6.45) is 0. The molecule has 11 nitrogen and oxygen atoms in total. The number of nitrogens with zero attached hydrogens (tertiary/aromatic N) is 2. The Bertz CT molecular complexity index is 1420. The Morgan fingerprint density at radius 3 is 2.45 bits per heavy atom. The molecule has 0 atom stereocenters. The van der Waals surface area contributed by atoms with Crippen LogP contribution in [0.3, 0.4) is 0 Å². The van der Waals surface area contributed by atoms with Crippen molar-refractivity contribution in [2.45, 2.75) is 16.7 Å². The van der Waals surface area contributed by atoms with Crippen molar-refractivity contribution in [2.75, 3.05) is 11.1 Å². The molecule has 1 amide bonds. The van der Waals surface area contributed by atoms with E-state index in [1.807, 2.05) is 0 Å². The highest BCUT2D eigenvalue weighted by Gasteiger charge is 2.15. The summed E-state index contributed by atoms with van der Waals surface area (Å²) in [5.41, 5.74) is 6.07. The van der Waals surface area contributed by atoms with Gasteiger partial charge in [0.2, 0.25) is 16.6 Å². The average Bonchev–Trinajstić information content (AvgIpc) is 2.66. The van der Waals surface area contributed by atoms with E-state index in [1.165, 1.54) is 37.3 Å². The first-order valence-electron chi connectivity index (χ1n) is 8.41. The summed E-state index contributed by atoms with van der Waals surface area (Å²) in [4.78, 5) is 10.3. The molecule has 3 aromatic rings. The van der Waals surface area contributed by atoms with Crippen LogP contribution in [-0.2, 0) is 25.6 Å². The monoisotopic (exact) mass is 462 g/mol. The lowest BCUT2D eigenvalue weighted by Crippen LogP contribution is -2.05. The largest absolute Gasteiger partial charge is 0.744 e. The Labute approximate surface area is 177 Å². The summed E-state index contributed by atoms with van der Waals surface area (Å²) >= 11 is 0. The van der Waals surface area contributed by atoms with Crippen LogP contribution in [0.5, 0.6) is 5.75 Å². The molecule has 161 valence electrons. The van der Waals surface area contributed by atoms with E-state index in [4.69, 9.17) is 5.73 Å². The van der Waals surface area contributed by atoms with Crippen molar-refractivity contribution in [2.24, 2.45) is 10.2 Å². The first-order chi connectivity index (χ1) is 14.5. The van der Waals surface area contributed by atoms with Gasteiger partial charge in [-0.15, -0.1) is 10.2 Å². The first-order valence-corrected chi connectivity index (χ1v) is 10.9. The second kappa shape index (κ2) is 8.22. The smallest absolute Gasteiger partial charge is 0.223 e. The molecule has 4 N–H and O–H groups in total. The van der Waals surface area contributed by atoms with Gasteiger partial charge in [0.05, 0.1) is 16.0 Å². The third-order valence-electron chi connectivity index (χ3n) is 4.08. The number of phenols is 1. The van der Waals surface area contributed by atoms with E-state index in [1.54, 1.807) is 0 Å². The lowest BCUT2D eigenvalue weighted by molar-refractivity contribution is -0.114. The van der Waals surface area contributed by atoms with Crippen LogP contribution in [0.25, 0.3) is 10.8 Å². The van der Waals surface area contributed by atoms with E-state index >= 15 is 0 Å². The van der Waals surface area contributed by atoms with Crippen LogP contribution in [0, 0.1) is 0 Å². The third kappa shape index (κ3) is 4.74. The Hall–Kier alpha value is -3.68. The number of hydrogen-bond donors (Lipinski definition) is 3. The normalized spacial score (nSPS) is 11.7. The van der Waals surface area contributed by atoms with E-state index < -0.39 is 37.4 Å². The number of rotatable bonds is 5. The molecule has 0 aliphatic rings. The molecule has 0 aromatic heterocycles. The third-order valence-corrected chi connectivity index (χ3v) is 5.58. The van der Waals surface area contributed by atoms with Gasteiger partial charge in [-0.1, -0.05) is 6.07 Å². The summed E-state index contributed by atoms with van der Waals surface area (Å²) in [5.74, 6) is -0.961. The van der Waals surface area contributed by atoms with Crippen molar-refractivity contribution < 1.29 is 31.3 Å². The van der Waals surface area contributed by atoms with Gasteiger partial charge in [0.25, 0.3) is 0 Å². The molecule has 0 heterocycles. The number of azo groups is 1. The predicted octanol–water partition coefficient (Wildman–Crippen LogP) is 2.64. The number of nitrogens with one attached hydrogen (secondary N) is 1. The van der Waals surface area contributed by atoms with Crippen LogP contribution in [0.2, 0.25) is 0 Å². The second-order valence-electron chi connectivity index (χ2n) is 6.30. The zero-order chi connectivity index (χ0) is 22.9. The number of benzene rings is 3. The fourth-order valence-electron chi connectivity index (χ4n) is 2.78. The van der Waals surface area contributed by atoms with Gasteiger partial charge < -0.3 is 20.7 Å². The van der Waals surface area contributed by atoms with E-state index in [0.717, 1.165) is 12.1 Å². The van der Waals surface area contributed by atoms with E-state index in [0.29, 0.717) is 0 Å². The molecule has 13 heteroatoms. The molecule has 0 unspecified atom stereocenters. The van der Waals surface area contributed by atoms with Crippen molar-refractivity contribution in [3.63, 3.8) is 0 Å².